The van der Waals surface area contributed by atoms with Crippen molar-refractivity contribution in [3.05, 3.63) is 29.6 Å². The van der Waals surface area contributed by atoms with Gasteiger partial charge in [0.1, 0.15) is 5.82 Å². The van der Waals surface area contributed by atoms with Gasteiger partial charge in [-0.1, -0.05) is 6.92 Å². The molecule has 1 amide bonds. The molecule has 1 aromatic carbocycles. The Kier molecular flexibility index (Phi) is 4.57. The molecule has 5 nitrogen and oxygen atoms in total. The first-order valence-electron chi connectivity index (χ1n) is 6.86. The quantitative estimate of drug-likeness (QED) is 0.836. The van der Waals surface area contributed by atoms with E-state index in [1.54, 1.807) is 0 Å². The summed E-state index contributed by atoms with van der Waals surface area (Å²) in [5.41, 5.74) is -0.328. The molecule has 0 unspecified atom stereocenters. The summed E-state index contributed by atoms with van der Waals surface area (Å²) >= 11 is 0. The summed E-state index contributed by atoms with van der Waals surface area (Å²) in [6.07, 6.45) is 1.38. The third-order valence-corrected chi connectivity index (χ3v) is 3.89. The fourth-order valence-electron chi connectivity index (χ4n) is 2.34. The molecule has 1 aliphatic heterocycles. The van der Waals surface area contributed by atoms with Crippen LogP contribution in [-0.2, 0) is 9.53 Å². The van der Waals surface area contributed by atoms with E-state index in [-0.39, 0.29) is 17.2 Å². The lowest BCUT2D eigenvalue weighted by atomic mass is 9.80. The summed E-state index contributed by atoms with van der Waals surface area (Å²) in [7, 11) is 1.25. The highest BCUT2D eigenvalue weighted by Gasteiger charge is 2.34. The lowest BCUT2D eigenvalue weighted by Gasteiger charge is -2.32. The van der Waals surface area contributed by atoms with Crippen molar-refractivity contribution < 1.29 is 18.7 Å². The molecule has 21 heavy (non-hydrogen) atoms. The van der Waals surface area contributed by atoms with Crippen LogP contribution >= 0.6 is 0 Å². The van der Waals surface area contributed by atoms with Crippen molar-refractivity contribution in [1.29, 1.82) is 0 Å². The van der Waals surface area contributed by atoms with Gasteiger partial charge in [-0.25, -0.2) is 9.18 Å². The van der Waals surface area contributed by atoms with Crippen molar-refractivity contribution in [2.75, 3.05) is 25.5 Å². The minimum absolute atomic E-state index is 0.00246. The SMILES string of the molecule is COC(=O)c1ccc(F)c(NC(=O)C2(C)CCNCC2)c1. The number of amides is 1. The van der Waals surface area contributed by atoms with Crippen LogP contribution in [0.2, 0.25) is 0 Å². The molecule has 1 heterocycles. The number of rotatable bonds is 3. The standard InChI is InChI=1S/C15H19FN2O3/c1-15(5-7-17-8-6-15)14(20)18-12-9-10(13(19)21-2)3-4-11(12)16/h3-4,9,17H,5-8H2,1-2H3,(H,18,20). The lowest BCUT2D eigenvalue weighted by Crippen LogP contribution is -2.43. The van der Waals surface area contributed by atoms with E-state index in [2.05, 4.69) is 15.4 Å². The summed E-state index contributed by atoms with van der Waals surface area (Å²) in [4.78, 5) is 23.8. The maximum Gasteiger partial charge on any atom is 0.337 e. The number of carbonyl (C=O) groups is 2. The van der Waals surface area contributed by atoms with Gasteiger partial charge in [-0.3, -0.25) is 4.79 Å². The van der Waals surface area contributed by atoms with Gasteiger partial charge in [0.2, 0.25) is 5.91 Å². The third kappa shape index (κ3) is 3.39. The van der Waals surface area contributed by atoms with Crippen molar-refractivity contribution in [2.24, 2.45) is 5.41 Å². The Morgan fingerprint density at radius 2 is 2.00 bits per heavy atom. The predicted molar refractivity (Wildman–Crippen MR) is 76.6 cm³/mol. The molecule has 0 aromatic heterocycles. The maximum absolute atomic E-state index is 13.8. The molecule has 1 saturated heterocycles. The van der Waals surface area contributed by atoms with Gasteiger partial charge >= 0.3 is 5.97 Å². The molecule has 114 valence electrons. The first-order chi connectivity index (χ1) is 9.96. The van der Waals surface area contributed by atoms with Gasteiger partial charge in [0.25, 0.3) is 0 Å². The molecule has 1 fully saturated rings. The lowest BCUT2D eigenvalue weighted by molar-refractivity contribution is -0.126. The molecular weight excluding hydrogens is 275 g/mol. The molecule has 1 aromatic rings. The second-order valence-electron chi connectivity index (χ2n) is 5.45. The van der Waals surface area contributed by atoms with Crippen molar-refractivity contribution in [2.45, 2.75) is 19.8 Å². The molecule has 2 N–H and O–H groups in total. The van der Waals surface area contributed by atoms with Crippen LogP contribution in [0.3, 0.4) is 0 Å². The van der Waals surface area contributed by atoms with Gasteiger partial charge in [0, 0.05) is 5.41 Å². The summed E-state index contributed by atoms with van der Waals surface area (Å²) in [5.74, 6) is -1.38. The van der Waals surface area contributed by atoms with E-state index >= 15 is 0 Å². The van der Waals surface area contributed by atoms with Crippen LogP contribution in [0.25, 0.3) is 0 Å². The van der Waals surface area contributed by atoms with Crippen molar-refractivity contribution in [1.82, 2.24) is 5.32 Å². The normalized spacial score (nSPS) is 17.1. The third-order valence-electron chi connectivity index (χ3n) is 3.89. The maximum atomic E-state index is 13.8. The number of benzene rings is 1. The molecular formula is C15H19FN2O3. The van der Waals surface area contributed by atoms with E-state index in [1.165, 1.54) is 19.2 Å². The Morgan fingerprint density at radius 3 is 2.62 bits per heavy atom. The molecule has 0 bridgehead atoms. The number of hydrogen-bond acceptors (Lipinski definition) is 4. The van der Waals surface area contributed by atoms with Crippen LogP contribution in [0.15, 0.2) is 18.2 Å². The zero-order valence-corrected chi connectivity index (χ0v) is 12.2. The predicted octanol–water partition coefficient (Wildman–Crippen LogP) is 1.94. The second-order valence-corrected chi connectivity index (χ2v) is 5.45. The molecule has 0 aliphatic carbocycles. The first kappa shape index (κ1) is 15.4. The number of methoxy groups -OCH3 is 1. The highest BCUT2D eigenvalue weighted by atomic mass is 19.1. The summed E-state index contributed by atoms with van der Waals surface area (Å²) in [5, 5.41) is 5.78. The average Bonchev–Trinajstić information content (AvgIpc) is 2.49. The molecule has 0 radical (unpaired) electrons. The minimum atomic E-state index is -0.575. The topological polar surface area (TPSA) is 67.4 Å². The highest BCUT2D eigenvalue weighted by molar-refractivity contribution is 5.97. The second kappa shape index (κ2) is 6.22. The number of ether oxygens (including phenoxy) is 1. The van der Waals surface area contributed by atoms with Gasteiger partial charge in [0.05, 0.1) is 18.4 Å². The Balaban J connectivity index is 2.18. The number of anilines is 1. The zero-order chi connectivity index (χ0) is 15.5. The van der Waals surface area contributed by atoms with Crippen LogP contribution in [0, 0.1) is 11.2 Å². The number of carbonyl (C=O) groups excluding carboxylic acids is 2. The number of hydrogen-bond donors (Lipinski definition) is 2. The number of nitrogens with one attached hydrogen (secondary N) is 2. The molecule has 0 atom stereocenters. The van der Waals surface area contributed by atoms with E-state index < -0.39 is 17.2 Å². The van der Waals surface area contributed by atoms with Gasteiger partial charge in [-0.05, 0) is 44.1 Å². The van der Waals surface area contributed by atoms with Gasteiger partial charge < -0.3 is 15.4 Å². The van der Waals surface area contributed by atoms with Crippen LogP contribution in [-0.4, -0.2) is 32.1 Å². The van der Waals surface area contributed by atoms with Crippen LogP contribution in [0.5, 0.6) is 0 Å². The Labute approximate surface area is 122 Å². The minimum Gasteiger partial charge on any atom is -0.465 e. The van der Waals surface area contributed by atoms with Crippen LogP contribution < -0.4 is 10.6 Å². The summed E-state index contributed by atoms with van der Waals surface area (Å²) in [6, 6.07) is 3.76. The van der Waals surface area contributed by atoms with E-state index in [1.807, 2.05) is 6.92 Å². The zero-order valence-electron chi connectivity index (χ0n) is 12.2. The Hall–Kier alpha value is -1.95. The number of piperidine rings is 1. The Bertz CT molecular complexity index is 554. The Morgan fingerprint density at radius 1 is 1.33 bits per heavy atom. The van der Waals surface area contributed by atoms with E-state index in [0.29, 0.717) is 12.8 Å². The van der Waals surface area contributed by atoms with Crippen molar-refractivity contribution >= 4 is 17.6 Å². The van der Waals surface area contributed by atoms with E-state index in [0.717, 1.165) is 19.2 Å². The molecule has 0 spiro atoms. The summed E-state index contributed by atoms with van der Waals surface area (Å²) < 4.78 is 18.4. The number of halogens is 1. The smallest absolute Gasteiger partial charge is 0.337 e. The van der Waals surface area contributed by atoms with Gasteiger partial charge in [-0.2, -0.15) is 0 Å². The molecule has 2 rings (SSSR count). The van der Waals surface area contributed by atoms with Crippen molar-refractivity contribution in [3.8, 4) is 0 Å². The van der Waals surface area contributed by atoms with E-state index in [9.17, 15) is 14.0 Å². The fraction of sp³-hybridized carbons (Fsp3) is 0.467. The first-order valence-corrected chi connectivity index (χ1v) is 6.86. The fourth-order valence-corrected chi connectivity index (χ4v) is 2.34. The van der Waals surface area contributed by atoms with Gasteiger partial charge in [0.15, 0.2) is 0 Å². The van der Waals surface area contributed by atoms with Crippen LogP contribution in [0.1, 0.15) is 30.1 Å². The van der Waals surface area contributed by atoms with Crippen LogP contribution in [0.4, 0.5) is 10.1 Å². The largest absolute Gasteiger partial charge is 0.465 e. The highest BCUT2D eigenvalue weighted by Crippen LogP contribution is 2.30. The van der Waals surface area contributed by atoms with Crippen molar-refractivity contribution in [3.63, 3.8) is 0 Å². The molecule has 6 heteroatoms. The van der Waals surface area contributed by atoms with Gasteiger partial charge in [-0.15, -0.1) is 0 Å². The van der Waals surface area contributed by atoms with E-state index in [4.69, 9.17) is 0 Å². The average molecular weight is 294 g/mol. The number of esters is 1. The molecule has 1 aliphatic rings. The molecule has 0 saturated carbocycles. The summed E-state index contributed by atoms with van der Waals surface area (Å²) in [6.45, 7) is 3.38. The monoisotopic (exact) mass is 294 g/mol.